The number of allylic oxidation sites excluding steroid dienone is 4. The van der Waals surface area contributed by atoms with Crippen LogP contribution in [0.3, 0.4) is 0 Å². The molecule has 2 aliphatic rings. The molecule has 4 aromatic carbocycles. The molecule has 0 saturated carbocycles. The van der Waals surface area contributed by atoms with E-state index in [1.807, 2.05) is 24.3 Å². The van der Waals surface area contributed by atoms with Crippen molar-refractivity contribution in [2.75, 3.05) is 0 Å². The zero-order valence-electron chi connectivity index (χ0n) is 32.7. The molecule has 0 atom stereocenters. The minimum atomic E-state index is 0. The van der Waals surface area contributed by atoms with Crippen molar-refractivity contribution in [1.29, 1.82) is 0 Å². The third kappa shape index (κ3) is 14.6. The van der Waals surface area contributed by atoms with Gasteiger partial charge in [-0.2, -0.15) is 71.0 Å². The van der Waals surface area contributed by atoms with E-state index >= 15 is 0 Å². The van der Waals surface area contributed by atoms with Crippen LogP contribution in [0.25, 0.3) is 11.1 Å². The van der Waals surface area contributed by atoms with Crippen molar-refractivity contribution in [2.45, 2.75) is 107 Å². The number of halogens is 2. The van der Waals surface area contributed by atoms with Crippen LogP contribution < -0.4 is 0 Å². The monoisotopic (exact) mass is 784 g/mol. The summed E-state index contributed by atoms with van der Waals surface area (Å²) >= 11 is 1.30. The molecule has 0 N–H and O–H groups in total. The summed E-state index contributed by atoms with van der Waals surface area (Å²) in [7, 11) is 0. The zero-order valence-corrected chi connectivity index (χ0v) is 36.8. The first-order valence-corrected chi connectivity index (χ1v) is 18.8. The van der Waals surface area contributed by atoms with Gasteiger partial charge in [0.2, 0.25) is 0 Å². The average Bonchev–Trinajstić information content (AvgIpc) is 3.73. The maximum atomic E-state index is 3.69. The standard InChI is InChI=1S/C23H29.2C9H11.C5H5.CH2.2ClH.Zr/c1-14-9-16-11-17-10-15(2)21(23(6,7)8)13-19(17)18(16)12-20(14)22(3,4)5;2*1-8(2)9-6-4-3-5-7-9;1-2-4-5-3-1;;;;/h9,12-13H,11H2,1-8H3;2*3-7H,1-2H3;1-3H,4H2;1H2;2*1H;/q4*-1;;;;. The Morgan fingerprint density at radius 3 is 1.46 bits per heavy atom. The third-order valence-electron chi connectivity index (χ3n) is 8.37. The molecule has 0 aromatic heterocycles. The van der Waals surface area contributed by atoms with E-state index in [-0.39, 0.29) is 35.6 Å². The quantitative estimate of drug-likeness (QED) is 0.156. The molecule has 0 heterocycles. The van der Waals surface area contributed by atoms with Crippen molar-refractivity contribution in [1.82, 2.24) is 0 Å². The number of hydrogen-bond acceptors (Lipinski definition) is 0. The third-order valence-corrected chi connectivity index (χ3v) is 8.37. The van der Waals surface area contributed by atoms with Gasteiger partial charge in [-0.1, -0.05) is 111 Å². The molecule has 6 rings (SSSR count). The van der Waals surface area contributed by atoms with E-state index < -0.39 is 0 Å². The molecule has 0 unspecified atom stereocenters. The summed E-state index contributed by atoms with van der Waals surface area (Å²) in [5, 5.41) is 0. The van der Waals surface area contributed by atoms with Gasteiger partial charge in [0.05, 0.1) is 0 Å². The van der Waals surface area contributed by atoms with Gasteiger partial charge in [-0.3, -0.25) is 6.08 Å². The van der Waals surface area contributed by atoms with Crippen LogP contribution in [0, 0.1) is 37.8 Å². The fourth-order valence-electron chi connectivity index (χ4n) is 5.91. The molecule has 0 aliphatic heterocycles. The SMILES string of the molecule is C[C-](C)c1ccccc1.C[C-](C)c1ccccc1.Cc1[c-]c2c(cc1C(C)(C)C)-c1cc(C(C)(C)C)c(C)cc1C2.Cl.Cl.[C-]1=CC=CC1.[CH2]=[Zr]. The molecule has 0 bridgehead atoms. The van der Waals surface area contributed by atoms with Gasteiger partial charge in [0, 0.05) is 0 Å². The van der Waals surface area contributed by atoms with E-state index in [4.69, 9.17) is 0 Å². The topological polar surface area (TPSA) is 0 Å². The molecule has 0 fully saturated rings. The predicted octanol–water partition coefficient (Wildman–Crippen LogP) is 13.7. The Morgan fingerprint density at radius 1 is 0.660 bits per heavy atom. The summed E-state index contributed by atoms with van der Waals surface area (Å²) in [4.78, 5) is 0. The van der Waals surface area contributed by atoms with Gasteiger partial charge in [-0.15, -0.1) is 72.2 Å². The van der Waals surface area contributed by atoms with E-state index in [0.717, 1.165) is 12.8 Å². The van der Waals surface area contributed by atoms with Crippen LogP contribution in [0.15, 0.2) is 97.1 Å². The van der Waals surface area contributed by atoms with Crippen molar-refractivity contribution in [2.24, 2.45) is 0 Å². The summed E-state index contributed by atoms with van der Waals surface area (Å²) in [6.07, 6.45) is 11.0. The van der Waals surface area contributed by atoms with Gasteiger partial charge in [0.25, 0.3) is 0 Å². The first-order valence-electron chi connectivity index (χ1n) is 17.1. The second kappa shape index (κ2) is 22.4. The Kier molecular flexibility index (Phi) is 21.2. The molecule has 0 radical (unpaired) electrons. The summed E-state index contributed by atoms with van der Waals surface area (Å²) in [5.41, 5.74) is 14.3. The number of rotatable bonds is 2. The molecule has 4 aromatic rings. The minimum absolute atomic E-state index is 0. The van der Waals surface area contributed by atoms with Crippen molar-refractivity contribution in [3.8, 4) is 11.1 Å². The molecule has 2 aliphatic carbocycles. The van der Waals surface area contributed by atoms with Gasteiger partial charge in [-0.25, -0.2) is 12.2 Å². The second-order valence-corrected chi connectivity index (χ2v) is 14.9. The summed E-state index contributed by atoms with van der Waals surface area (Å²) in [6.45, 7) is 26.7. The number of fused-ring (bicyclic) bond motifs is 3. The Bertz CT molecular complexity index is 1500. The molecule has 50 heavy (non-hydrogen) atoms. The van der Waals surface area contributed by atoms with Crippen LogP contribution in [-0.2, 0) is 41.5 Å². The predicted molar refractivity (Wildman–Crippen MR) is 224 cm³/mol. The Balaban J connectivity index is 0.000000733. The average molecular weight is 787 g/mol. The van der Waals surface area contributed by atoms with Crippen LogP contribution in [-0.4, -0.2) is 4.21 Å². The molecule has 0 spiro atoms. The molecule has 270 valence electrons. The molecular formula is C47H60Cl2Zr-4. The fourth-order valence-corrected chi connectivity index (χ4v) is 5.91. The first-order chi connectivity index (χ1) is 22.6. The normalized spacial score (nSPS) is 11.5. The number of hydrogen-bond donors (Lipinski definition) is 0. The van der Waals surface area contributed by atoms with Gasteiger partial charge < -0.3 is 0 Å². The van der Waals surface area contributed by atoms with Crippen molar-refractivity contribution < 1.29 is 24.2 Å². The van der Waals surface area contributed by atoms with Gasteiger partial charge in [0.1, 0.15) is 0 Å². The van der Waals surface area contributed by atoms with Crippen LogP contribution in [0.1, 0.15) is 120 Å². The summed E-state index contributed by atoms with van der Waals surface area (Å²) < 4.78 is 3.34. The number of benzene rings is 4. The zero-order chi connectivity index (χ0) is 36.1. The van der Waals surface area contributed by atoms with Crippen molar-refractivity contribution in [3.05, 3.63) is 166 Å². The second-order valence-electron chi connectivity index (χ2n) is 14.9. The van der Waals surface area contributed by atoms with Crippen LogP contribution >= 0.6 is 24.8 Å². The van der Waals surface area contributed by atoms with Gasteiger partial charge >= 0.3 is 28.4 Å². The summed E-state index contributed by atoms with van der Waals surface area (Å²) in [6, 6.07) is 31.7. The van der Waals surface area contributed by atoms with Gasteiger partial charge in [-0.05, 0) is 35.4 Å². The first kappa shape index (κ1) is 47.4. The molecular weight excluding hydrogens is 727 g/mol. The Labute approximate surface area is 334 Å². The van der Waals surface area contributed by atoms with E-state index in [9.17, 15) is 0 Å². The van der Waals surface area contributed by atoms with E-state index in [2.05, 4.69) is 172 Å². The molecule has 0 amide bonds. The fraction of sp³-hybridized carbons (Fsp3) is 0.340. The molecule has 3 heteroatoms. The Morgan fingerprint density at radius 2 is 1.12 bits per heavy atom. The Hall–Kier alpha value is -2.57. The van der Waals surface area contributed by atoms with Crippen LogP contribution in [0.5, 0.6) is 0 Å². The molecule has 0 nitrogen and oxygen atoms in total. The number of aryl methyl sites for hydroxylation is 2. The van der Waals surface area contributed by atoms with Crippen LogP contribution in [0.4, 0.5) is 0 Å². The maximum absolute atomic E-state index is 3.69. The van der Waals surface area contributed by atoms with Crippen molar-refractivity contribution >= 4 is 29.0 Å². The van der Waals surface area contributed by atoms with E-state index in [1.165, 1.54) is 91.7 Å². The van der Waals surface area contributed by atoms with Gasteiger partial charge in [0.15, 0.2) is 0 Å². The summed E-state index contributed by atoms with van der Waals surface area (Å²) in [5.74, 6) is 2.74. The van der Waals surface area contributed by atoms with E-state index in [1.54, 1.807) is 0 Å². The molecule has 0 saturated heterocycles. The van der Waals surface area contributed by atoms with Crippen molar-refractivity contribution in [3.63, 3.8) is 0 Å². The van der Waals surface area contributed by atoms with E-state index in [0.29, 0.717) is 0 Å². The van der Waals surface area contributed by atoms with Crippen LogP contribution in [0.2, 0.25) is 0 Å².